The van der Waals surface area contributed by atoms with Crippen molar-refractivity contribution in [3.63, 3.8) is 0 Å². The van der Waals surface area contributed by atoms with E-state index in [9.17, 15) is 0 Å². The third-order valence-corrected chi connectivity index (χ3v) is 3.09. The maximum absolute atomic E-state index is 5.78. The third kappa shape index (κ3) is 6.08. The molecule has 2 rings (SSSR count). The van der Waals surface area contributed by atoms with Crippen molar-refractivity contribution in [2.24, 2.45) is 11.0 Å². The molecular formula is C18H21N3OS. The van der Waals surface area contributed by atoms with E-state index >= 15 is 0 Å². The Balaban J connectivity index is 1.91. The molecule has 0 amide bonds. The van der Waals surface area contributed by atoms with Crippen molar-refractivity contribution in [1.82, 2.24) is 5.43 Å². The van der Waals surface area contributed by atoms with Crippen LogP contribution in [0.4, 0.5) is 5.69 Å². The lowest BCUT2D eigenvalue weighted by atomic mass is 10.2. The Bertz CT molecular complexity index is 656. The molecule has 0 saturated heterocycles. The smallest absolute Gasteiger partial charge is 0.191 e. The zero-order valence-corrected chi connectivity index (χ0v) is 14.1. The molecule has 0 fully saturated rings. The van der Waals surface area contributed by atoms with Gasteiger partial charge in [-0.05, 0) is 42.4 Å². The first-order chi connectivity index (χ1) is 11.1. The monoisotopic (exact) mass is 327 g/mol. The van der Waals surface area contributed by atoms with Crippen LogP contribution >= 0.6 is 12.2 Å². The minimum atomic E-state index is 0.438. The van der Waals surface area contributed by atoms with Crippen molar-refractivity contribution in [2.45, 2.75) is 13.8 Å². The SMILES string of the molecule is CC(C)COc1ccccc1/C=N/NC(=S)Nc1ccccc1. The molecule has 0 aliphatic heterocycles. The maximum Gasteiger partial charge on any atom is 0.191 e. The molecule has 0 heterocycles. The average molecular weight is 327 g/mol. The summed E-state index contributed by atoms with van der Waals surface area (Å²) in [6, 6.07) is 17.5. The quantitative estimate of drug-likeness (QED) is 0.477. The topological polar surface area (TPSA) is 45.6 Å². The molecule has 0 saturated carbocycles. The molecule has 2 aromatic rings. The van der Waals surface area contributed by atoms with Crippen LogP contribution in [0, 0.1) is 5.92 Å². The molecule has 0 aliphatic carbocycles. The molecule has 0 aliphatic rings. The molecule has 0 atom stereocenters. The van der Waals surface area contributed by atoms with Gasteiger partial charge in [0, 0.05) is 11.3 Å². The summed E-state index contributed by atoms with van der Waals surface area (Å²) in [6.45, 7) is 4.91. The summed E-state index contributed by atoms with van der Waals surface area (Å²) in [6.07, 6.45) is 1.70. The molecule has 23 heavy (non-hydrogen) atoms. The fourth-order valence-electron chi connectivity index (χ4n) is 1.82. The van der Waals surface area contributed by atoms with Crippen LogP contribution in [0.15, 0.2) is 59.7 Å². The highest BCUT2D eigenvalue weighted by molar-refractivity contribution is 7.80. The summed E-state index contributed by atoms with van der Waals surface area (Å²) in [7, 11) is 0. The lowest BCUT2D eigenvalue weighted by Gasteiger charge is -2.11. The van der Waals surface area contributed by atoms with E-state index in [1.54, 1.807) is 6.21 Å². The first-order valence-corrected chi connectivity index (χ1v) is 7.93. The second-order valence-electron chi connectivity index (χ2n) is 5.43. The lowest BCUT2D eigenvalue weighted by Crippen LogP contribution is -2.23. The summed E-state index contributed by atoms with van der Waals surface area (Å²) in [5.41, 5.74) is 4.63. The standard InChI is InChI=1S/C18H21N3OS/c1-14(2)13-22-17-11-7-6-8-15(17)12-19-21-18(23)20-16-9-4-3-5-10-16/h3-12,14H,13H2,1-2H3,(H2,20,21,23)/b19-12+. The van der Waals surface area contributed by atoms with Crippen molar-refractivity contribution >= 4 is 29.2 Å². The molecule has 0 radical (unpaired) electrons. The third-order valence-electron chi connectivity index (χ3n) is 2.89. The summed E-state index contributed by atoms with van der Waals surface area (Å²) < 4.78 is 5.78. The van der Waals surface area contributed by atoms with E-state index in [2.05, 4.69) is 29.7 Å². The van der Waals surface area contributed by atoms with E-state index < -0.39 is 0 Å². The number of para-hydroxylation sites is 2. The van der Waals surface area contributed by atoms with Gasteiger partial charge >= 0.3 is 0 Å². The minimum Gasteiger partial charge on any atom is -0.493 e. The lowest BCUT2D eigenvalue weighted by molar-refractivity contribution is 0.270. The number of hydrazone groups is 1. The molecule has 0 bridgehead atoms. The molecule has 0 unspecified atom stereocenters. The van der Waals surface area contributed by atoms with Crippen molar-refractivity contribution < 1.29 is 4.74 Å². The second kappa shape index (κ2) is 8.90. The van der Waals surface area contributed by atoms with Crippen LogP contribution in [-0.2, 0) is 0 Å². The van der Waals surface area contributed by atoms with Gasteiger partial charge in [0.15, 0.2) is 5.11 Å². The van der Waals surface area contributed by atoms with Crippen LogP contribution in [0.25, 0.3) is 0 Å². The van der Waals surface area contributed by atoms with Crippen LogP contribution in [0.3, 0.4) is 0 Å². The normalized spacial score (nSPS) is 10.7. The highest BCUT2D eigenvalue weighted by Gasteiger charge is 2.02. The number of hydrogen-bond acceptors (Lipinski definition) is 3. The first kappa shape index (κ1) is 17.0. The number of hydrogen-bond donors (Lipinski definition) is 2. The van der Waals surface area contributed by atoms with E-state index in [4.69, 9.17) is 17.0 Å². The van der Waals surface area contributed by atoms with Crippen LogP contribution in [0.1, 0.15) is 19.4 Å². The number of ether oxygens (including phenoxy) is 1. The van der Waals surface area contributed by atoms with Crippen LogP contribution < -0.4 is 15.5 Å². The van der Waals surface area contributed by atoms with Crippen molar-refractivity contribution in [3.05, 3.63) is 60.2 Å². The molecule has 2 N–H and O–H groups in total. The van der Waals surface area contributed by atoms with E-state index in [1.807, 2.05) is 54.6 Å². The Morgan fingerprint density at radius 1 is 1.13 bits per heavy atom. The van der Waals surface area contributed by atoms with E-state index in [1.165, 1.54) is 0 Å². The van der Waals surface area contributed by atoms with Gasteiger partial charge in [0.2, 0.25) is 0 Å². The minimum absolute atomic E-state index is 0.438. The van der Waals surface area contributed by atoms with E-state index in [-0.39, 0.29) is 0 Å². The molecular weight excluding hydrogens is 306 g/mol. The molecule has 120 valence electrons. The molecule has 4 nitrogen and oxygen atoms in total. The van der Waals surface area contributed by atoms with Gasteiger partial charge < -0.3 is 10.1 Å². The van der Waals surface area contributed by atoms with E-state index in [0.717, 1.165) is 17.0 Å². The Hall–Kier alpha value is -2.40. The fraction of sp³-hybridized carbons (Fsp3) is 0.222. The van der Waals surface area contributed by atoms with Crippen LogP contribution in [-0.4, -0.2) is 17.9 Å². The zero-order chi connectivity index (χ0) is 16.5. The van der Waals surface area contributed by atoms with Crippen LogP contribution in [0.2, 0.25) is 0 Å². The van der Waals surface area contributed by atoms with Gasteiger partial charge in [0.05, 0.1) is 12.8 Å². The number of thiocarbonyl (C=S) groups is 1. The predicted molar refractivity (Wildman–Crippen MR) is 100 cm³/mol. The number of anilines is 1. The first-order valence-electron chi connectivity index (χ1n) is 7.52. The maximum atomic E-state index is 5.78. The summed E-state index contributed by atoms with van der Waals surface area (Å²) in [5, 5.41) is 7.66. The van der Waals surface area contributed by atoms with Gasteiger partial charge in [-0.15, -0.1) is 0 Å². The van der Waals surface area contributed by atoms with Crippen LogP contribution in [0.5, 0.6) is 5.75 Å². The van der Waals surface area contributed by atoms with Gasteiger partial charge in [0.1, 0.15) is 5.75 Å². The Labute approximate surface area is 142 Å². The van der Waals surface area contributed by atoms with Gasteiger partial charge in [-0.1, -0.05) is 44.2 Å². The van der Waals surface area contributed by atoms with Crippen molar-refractivity contribution in [3.8, 4) is 5.75 Å². The Morgan fingerprint density at radius 2 is 1.83 bits per heavy atom. The summed E-state index contributed by atoms with van der Waals surface area (Å²) in [5.74, 6) is 1.29. The average Bonchev–Trinajstić information content (AvgIpc) is 2.55. The Morgan fingerprint density at radius 3 is 2.57 bits per heavy atom. The number of nitrogens with zero attached hydrogens (tertiary/aromatic N) is 1. The van der Waals surface area contributed by atoms with Gasteiger partial charge in [0.25, 0.3) is 0 Å². The fourth-order valence-corrected chi connectivity index (χ4v) is 1.99. The summed E-state index contributed by atoms with van der Waals surface area (Å²) in [4.78, 5) is 0. The number of nitrogens with one attached hydrogen (secondary N) is 2. The van der Waals surface area contributed by atoms with Crippen molar-refractivity contribution in [2.75, 3.05) is 11.9 Å². The van der Waals surface area contributed by atoms with Gasteiger partial charge in [-0.2, -0.15) is 5.10 Å². The molecule has 0 spiro atoms. The Kier molecular flexibility index (Phi) is 6.56. The largest absolute Gasteiger partial charge is 0.493 e. The molecule has 5 heteroatoms. The van der Waals surface area contributed by atoms with E-state index in [0.29, 0.717) is 17.6 Å². The zero-order valence-electron chi connectivity index (χ0n) is 13.3. The van der Waals surface area contributed by atoms with Gasteiger partial charge in [-0.25, -0.2) is 0 Å². The molecule has 2 aromatic carbocycles. The second-order valence-corrected chi connectivity index (χ2v) is 5.84. The molecule has 0 aromatic heterocycles. The number of rotatable bonds is 6. The number of benzene rings is 2. The predicted octanol–water partition coefficient (Wildman–Crippen LogP) is 4.04. The van der Waals surface area contributed by atoms with Crippen molar-refractivity contribution in [1.29, 1.82) is 0 Å². The summed E-state index contributed by atoms with van der Waals surface area (Å²) >= 11 is 5.20. The van der Waals surface area contributed by atoms with Gasteiger partial charge in [-0.3, -0.25) is 5.43 Å². The highest BCUT2D eigenvalue weighted by atomic mass is 32.1. The highest BCUT2D eigenvalue weighted by Crippen LogP contribution is 2.16.